The molecule has 1 atom stereocenters. The first-order valence-corrected chi connectivity index (χ1v) is 7.15. The normalized spacial score (nSPS) is 19.4. The summed E-state index contributed by atoms with van der Waals surface area (Å²) in [5, 5.41) is 4.69. The molecule has 0 saturated carbocycles. The average molecular weight is 255 g/mol. The summed E-state index contributed by atoms with van der Waals surface area (Å²) in [5.74, 6) is 0. The molecule has 19 heavy (non-hydrogen) atoms. The lowest BCUT2D eigenvalue weighted by Gasteiger charge is -2.27. The van der Waals surface area contributed by atoms with E-state index in [1.165, 1.54) is 17.4 Å². The molecule has 0 aliphatic carbocycles. The van der Waals surface area contributed by atoms with Crippen LogP contribution in [0.3, 0.4) is 0 Å². The molecule has 1 aromatic heterocycles. The summed E-state index contributed by atoms with van der Waals surface area (Å²) >= 11 is 0. The van der Waals surface area contributed by atoms with Gasteiger partial charge in [0.25, 0.3) is 0 Å². The van der Waals surface area contributed by atoms with Crippen LogP contribution in [-0.4, -0.2) is 35.6 Å². The first kappa shape index (κ1) is 12.6. The van der Waals surface area contributed by atoms with Crippen LogP contribution in [0.15, 0.2) is 36.5 Å². The van der Waals surface area contributed by atoms with Crippen molar-refractivity contribution in [3.63, 3.8) is 0 Å². The molecule has 100 valence electrons. The van der Waals surface area contributed by atoms with Gasteiger partial charge in [0, 0.05) is 30.7 Å². The number of nitrogens with one attached hydrogen (secondary N) is 1. The molecule has 1 aromatic carbocycles. The summed E-state index contributed by atoms with van der Waals surface area (Å²) < 4.78 is 0. The van der Waals surface area contributed by atoms with E-state index in [0.29, 0.717) is 6.04 Å². The summed E-state index contributed by atoms with van der Waals surface area (Å²) in [6, 6.07) is 11.4. The van der Waals surface area contributed by atoms with E-state index in [1.807, 2.05) is 12.3 Å². The number of nitrogens with zero attached hydrogens (tertiary/aromatic N) is 2. The second kappa shape index (κ2) is 5.68. The zero-order chi connectivity index (χ0) is 13.1. The highest BCUT2D eigenvalue weighted by Gasteiger charge is 2.20. The molecule has 3 rings (SSSR count). The second-order valence-electron chi connectivity index (χ2n) is 5.24. The van der Waals surface area contributed by atoms with Crippen molar-refractivity contribution in [1.29, 1.82) is 0 Å². The third kappa shape index (κ3) is 2.77. The van der Waals surface area contributed by atoms with Crippen LogP contribution < -0.4 is 5.32 Å². The predicted molar refractivity (Wildman–Crippen MR) is 79.1 cm³/mol. The number of likely N-dealkylation sites (N-methyl/N-ethyl adjacent to an activating group) is 1. The van der Waals surface area contributed by atoms with Crippen molar-refractivity contribution in [2.75, 3.05) is 19.6 Å². The van der Waals surface area contributed by atoms with E-state index in [2.05, 4.69) is 46.4 Å². The lowest BCUT2D eigenvalue weighted by molar-refractivity contribution is 0.210. The van der Waals surface area contributed by atoms with Gasteiger partial charge in [0.15, 0.2) is 0 Å². The summed E-state index contributed by atoms with van der Waals surface area (Å²) in [7, 11) is 0. The van der Waals surface area contributed by atoms with Crippen molar-refractivity contribution in [1.82, 2.24) is 15.2 Å². The van der Waals surface area contributed by atoms with Crippen molar-refractivity contribution in [2.24, 2.45) is 0 Å². The Kier molecular flexibility index (Phi) is 3.76. The number of pyridine rings is 1. The minimum atomic E-state index is 0.689. The molecule has 2 aromatic rings. The first-order chi connectivity index (χ1) is 9.36. The van der Waals surface area contributed by atoms with Crippen LogP contribution in [0, 0.1) is 0 Å². The van der Waals surface area contributed by atoms with E-state index >= 15 is 0 Å². The highest BCUT2D eigenvalue weighted by atomic mass is 15.2. The maximum absolute atomic E-state index is 4.38. The molecule has 2 heterocycles. The Morgan fingerprint density at radius 1 is 1.37 bits per heavy atom. The Morgan fingerprint density at radius 3 is 3.11 bits per heavy atom. The van der Waals surface area contributed by atoms with E-state index in [9.17, 15) is 0 Å². The SMILES string of the molecule is CCN(Cc1ccc2ncccc2c1)C1CCNC1. The van der Waals surface area contributed by atoms with Crippen LogP contribution in [0.25, 0.3) is 10.9 Å². The average Bonchev–Trinajstić information content (AvgIpc) is 2.98. The van der Waals surface area contributed by atoms with Crippen LogP contribution in [-0.2, 0) is 6.54 Å². The van der Waals surface area contributed by atoms with Crippen molar-refractivity contribution >= 4 is 10.9 Å². The van der Waals surface area contributed by atoms with Gasteiger partial charge in [-0.05, 0) is 43.3 Å². The van der Waals surface area contributed by atoms with E-state index in [4.69, 9.17) is 0 Å². The largest absolute Gasteiger partial charge is 0.315 e. The second-order valence-corrected chi connectivity index (χ2v) is 5.24. The third-order valence-electron chi connectivity index (χ3n) is 4.01. The number of hydrogen-bond acceptors (Lipinski definition) is 3. The monoisotopic (exact) mass is 255 g/mol. The molecule has 0 spiro atoms. The van der Waals surface area contributed by atoms with Crippen molar-refractivity contribution in [2.45, 2.75) is 25.9 Å². The van der Waals surface area contributed by atoms with Gasteiger partial charge < -0.3 is 5.32 Å². The summed E-state index contributed by atoms with van der Waals surface area (Å²) in [4.78, 5) is 6.94. The third-order valence-corrected chi connectivity index (χ3v) is 4.01. The quantitative estimate of drug-likeness (QED) is 0.909. The summed E-state index contributed by atoms with van der Waals surface area (Å²) in [6.45, 7) is 6.68. The van der Waals surface area contributed by atoms with Gasteiger partial charge in [0.2, 0.25) is 0 Å². The van der Waals surface area contributed by atoms with Crippen LogP contribution in [0.4, 0.5) is 0 Å². The van der Waals surface area contributed by atoms with Gasteiger partial charge in [-0.3, -0.25) is 9.88 Å². The molecule has 1 saturated heterocycles. The zero-order valence-electron chi connectivity index (χ0n) is 11.5. The van der Waals surface area contributed by atoms with E-state index in [0.717, 1.165) is 31.7 Å². The molecule has 1 fully saturated rings. The van der Waals surface area contributed by atoms with E-state index in [1.54, 1.807) is 0 Å². The number of aromatic nitrogens is 1. The number of rotatable bonds is 4. The molecule has 0 bridgehead atoms. The Balaban J connectivity index is 1.79. The minimum Gasteiger partial charge on any atom is -0.315 e. The number of benzene rings is 1. The van der Waals surface area contributed by atoms with E-state index < -0.39 is 0 Å². The van der Waals surface area contributed by atoms with E-state index in [-0.39, 0.29) is 0 Å². The molecular formula is C16H21N3. The van der Waals surface area contributed by atoms with Gasteiger partial charge >= 0.3 is 0 Å². The first-order valence-electron chi connectivity index (χ1n) is 7.15. The molecule has 1 aliphatic rings. The van der Waals surface area contributed by atoms with Crippen LogP contribution in [0.1, 0.15) is 18.9 Å². The number of hydrogen-bond donors (Lipinski definition) is 1. The smallest absolute Gasteiger partial charge is 0.0702 e. The Bertz CT molecular complexity index is 546. The lowest BCUT2D eigenvalue weighted by Crippen LogP contribution is -2.36. The van der Waals surface area contributed by atoms with Crippen LogP contribution in [0.5, 0.6) is 0 Å². The Hall–Kier alpha value is -1.45. The van der Waals surface area contributed by atoms with Crippen molar-refractivity contribution in [3.8, 4) is 0 Å². The fourth-order valence-corrected chi connectivity index (χ4v) is 2.91. The Labute approximate surface area is 114 Å². The van der Waals surface area contributed by atoms with Gasteiger partial charge in [-0.1, -0.05) is 19.1 Å². The highest BCUT2D eigenvalue weighted by Crippen LogP contribution is 2.17. The topological polar surface area (TPSA) is 28.2 Å². The van der Waals surface area contributed by atoms with Crippen LogP contribution >= 0.6 is 0 Å². The lowest BCUT2D eigenvalue weighted by atomic mass is 10.1. The van der Waals surface area contributed by atoms with Crippen molar-refractivity contribution < 1.29 is 0 Å². The highest BCUT2D eigenvalue weighted by molar-refractivity contribution is 5.78. The predicted octanol–water partition coefficient (Wildman–Crippen LogP) is 2.42. The Morgan fingerprint density at radius 2 is 2.32 bits per heavy atom. The zero-order valence-corrected chi connectivity index (χ0v) is 11.5. The fraction of sp³-hybridized carbons (Fsp3) is 0.438. The summed E-state index contributed by atoms with van der Waals surface area (Å²) in [5.41, 5.74) is 2.46. The molecule has 0 radical (unpaired) electrons. The molecule has 0 amide bonds. The van der Waals surface area contributed by atoms with Gasteiger partial charge in [0.05, 0.1) is 5.52 Å². The molecule has 1 N–H and O–H groups in total. The molecular weight excluding hydrogens is 234 g/mol. The van der Waals surface area contributed by atoms with Crippen molar-refractivity contribution in [3.05, 3.63) is 42.1 Å². The van der Waals surface area contributed by atoms with Gasteiger partial charge in [-0.25, -0.2) is 0 Å². The minimum absolute atomic E-state index is 0.689. The number of fused-ring (bicyclic) bond motifs is 1. The molecule has 3 nitrogen and oxygen atoms in total. The van der Waals surface area contributed by atoms with Gasteiger partial charge in [0.1, 0.15) is 0 Å². The van der Waals surface area contributed by atoms with Crippen LogP contribution in [0.2, 0.25) is 0 Å². The van der Waals surface area contributed by atoms with Gasteiger partial charge in [-0.15, -0.1) is 0 Å². The fourth-order valence-electron chi connectivity index (χ4n) is 2.91. The summed E-state index contributed by atoms with van der Waals surface area (Å²) in [6.07, 6.45) is 3.12. The maximum Gasteiger partial charge on any atom is 0.0702 e. The maximum atomic E-state index is 4.38. The van der Waals surface area contributed by atoms with Gasteiger partial charge in [-0.2, -0.15) is 0 Å². The molecule has 3 heteroatoms. The molecule has 1 aliphatic heterocycles. The molecule has 1 unspecified atom stereocenters. The standard InChI is InChI=1S/C16H21N3/c1-2-19(15-7-9-17-11-15)12-13-5-6-16-14(10-13)4-3-8-18-16/h3-6,8,10,15,17H,2,7,9,11-12H2,1H3.